The van der Waals surface area contributed by atoms with Crippen molar-refractivity contribution in [1.82, 2.24) is 4.98 Å². The van der Waals surface area contributed by atoms with Gasteiger partial charge >= 0.3 is 0 Å². The van der Waals surface area contributed by atoms with E-state index in [4.69, 9.17) is 8.83 Å². The van der Waals surface area contributed by atoms with Crippen molar-refractivity contribution in [2.75, 3.05) is 4.90 Å². The summed E-state index contributed by atoms with van der Waals surface area (Å²) in [6.07, 6.45) is 1.86. The number of hydrogen-bond donors (Lipinski definition) is 0. The molecule has 44 heavy (non-hydrogen) atoms. The number of benzene rings is 6. The molecular weight excluding hydrogens is 561 g/mol. The number of rotatable bonds is 3. The summed E-state index contributed by atoms with van der Waals surface area (Å²) in [6, 6.07) is 44.7. The van der Waals surface area contributed by atoms with Crippen molar-refractivity contribution in [1.29, 1.82) is 0 Å². The van der Waals surface area contributed by atoms with E-state index in [1.807, 2.05) is 47.9 Å². The third kappa shape index (κ3) is 3.41. The molecule has 206 valence electrons. The molecule has 0 amide bonds. The second kappa shape index (κ2) is 8.93. The van der Waals surface area contributed by atoms with Gasteiger partial charge in [-0.25, -0.2) is 0 Å². The Morgan fingerprint density at radius 3 is 1.84 bits per heavy atom. The van der Waals surface area contributed by atoms with Crippen molar-refractivity contribution in [2.24, 2.45) is 0 Å². The average Bonchev–Trinajstić information content (AvgIpc) is 3.75. The van der Waals surface area contributed by atoms with Crippen LogP contribution in [0.5, 0.6) is 0 Å². The van der Waals surface area contributed by atoms with Crippen molar-refractivity contribution in [2.45, 2.75) is 0 Å². The number of furan rings is 2. The van der Waals surface area contributed by atoms with E-state index in [0.29, 0.717) is 0 Å². The Bertz CT molecular complexity index is 2640. The summed E-state index contributed by atoms with van der Waals surface area (Å²) in [4.78, 5) is 7.02. The van der Waals surface area contributed by atoms with Gasteiger partial charge in [0.1, 0.15) is 22.3 Å². The van der Waals surface area contributed by atoms with Gasteiger partial charge in [0.15, 0.2) is 0 Å². The van der Waals surface area contributed by atoms with Crippen molar-refractivity contribution < 1.29 is 8.83 Å². The molecule has 10 rings (SSSR count). The van der Waals surface area contributed by atoms with Crippen LogP contribution in [-0.2, 0) is 0 Å². The summed E-state index contributed by atoms with van der Waals surface area (Å²) >= 11 is 1.83. The van der Waals surface area contributed by atoms with Crippen LogP contribution in [0.4, 0.5) is 17.1 Å². The molecule has 0 aliphatic heterocycles. The fourth-order valence-corrected chi connectivity index (χ4v) is 7.89. The summed E-state index contributed by atoms with van der Waals surface area (Å²) < 4.78 is 14.9. The predicted octanol–water partition coefficient (Wildman–Crippen LogP) is 11.9. The van der Waals surface area contributed by atoms with Crippen molar-refractivity contribution in [3.63, 3.8) is 0 Å². The number of aromatic nitrogens is 1. The van der Waals surface area contributed by atoms with E-state index in [1.54, 1.807) is 0 Å². The van der Waals surface area contributed by atoms with E-state index in [-0.39, 0.29) is 0 Å². The molecule has 10 aromatic rings. The maximum atomic E-state index is 6.21. The van der Waals surface area contributed by atoms with E-state index in [9.17, 15) is 0 Å². The van der Waals surface area contributed by atoms with Crippen molar-refractivity contribution >= 4 is 103 Å². The molecule has 0 saturated carbocycles. The van der Waals surface area contributed by atoms with Gasteiger partial charge in [-0.2, -0.15) is 0 Å². The Balaban J connectivity index is 1.28. The number of hydrogen-bond acceptors (Lipinski definition) is 5. The lowest BCUT2D eigenvalue weighted by molar-refractivity contribution is 0.668. The fourth-order valence-electron chi connectivity index (χ4n) is 6.66. The van der Waals surface area contributed by atoms with Crippen LogP contribution < -0.4 is 4.90 Å². The lowest BCUT2D eigenvalue weighted by Gasteiger charge is -2.26. The summed E-state index contributed by atoms with van der Waals surface area (Å²) in [6.45, 7) is 0. The maximum Gasteiger partial charge on any atom is 0.135 e. The van der Waals surface area contributed by atoms with Gasteiger partial charge in [-0.3, -0.25) is 4.98 Å². The van der Waals surface area contributed by atoms with Gasteiger partial charge in [0.05, 0.1) is 15.9 Å². The van der Waals surface area contributed by atoms with Crippen LogP contribution >= 0.6 is 11.3 Å². The highest BCUT2D eigenvalue weighted by molar-refractivity contribution is 7.26. The molecule has 0 radical (unpaired) electrons. The van der Waals surface area contributed by atoms with Crippen LogP contribution in [0, 0.1) is 0 Å². The molecule has 0 aliphatic carbocycles. The van der Waals surface area contributed by atoms with E-state index in [1.165, 1.54) is 20.2 Å². The highest BCUT2D eigenvalue weighted by Gasteiger charge is 2.21. The Labute approximate surface area is 255 Å². The van der Waals surface area contributed by atoms with Gasteiger partial charge < -0.3 is 13.7 Å². The summed E-state index contributed by atoms with van der Waals surface area (Å²) in [5.41, 5.74) is 7.81. The van der Waals surface area contributed by atoms with Gasteiger partial charge in [0, 0.05) is 60.0 Å². The minimum atomic E-state index is 0.880. The molecule has 0 fully saturated rings. The van der Waals surface area contributed by atoms with Crippen molar-refractivity contribution in [3.8, 4) is 0 Å². The van der Waals surface area contributed by atoms with Crippen molar-refractivity contribution in [3.05, 3.63) is 134 Å². The third-order valence-corrected chi connectivity index (χ3v) is 9.87. The lowest BCUT2D eigenvalue weighted by atomic mass is 10.1. The molecule has 0 spiro atoms. The first-order valence-electron chi connectivity index (χ1n) is 14.6. The highest BCUT2D eigenvalue weighted by atomic mass is 32.1. The van der Waals surface area contributed by atoms with E-state index < -0.39 is 0 Å². The van der Waals surface area contributed by atoms with Crippen LogP contribution in [0.2, 0.25) is 0 Å². The minimum Gasteiger partial charge on any atom is -0.456 e. The van der Waals surface area contributed by atoms with Crippen LogP contribution in [0.1, 0.15) is 0 Å². The number of nitrogens with zero attached hydrogens (tertiary/aromatic N) is 2. The number of pyridine rings is 1. The zero-order valence-electron chi connectivity index (χ0n) is 23.3. The molecule has 0 atom stereocenters. The molecule has 6 aromatic carbocycles. The first-order chi connectivity index (χ1) is 21.8. The second-order valence-corrected chi connectivity index (χ2v) is 12.2. The summed E-state index contributed by atoms with van der Waals surface area (Å²) in [5, 5.41) is 8.02. The highest BCUT2D eigenvalue weighted by Crippen LogP contribution is 2.47. The summed E-state index contributed by atoms with van der Waals surface area (Å²) in [7, 11) is 0. The smallest absolute Gasteiger partial charge is 0.135 e. The van der Waals surface area contributed by atoms with Crippen LogP contribution in [0.3, 0.4) is 0 Å². The molecule has 4 aromatic heterocycles. The Hall–Kier alpha value is -5.65. The average molecular weight is 583 g/mol. The van der Waals surface area contributed by atoms with Gasteiger partial charge in [0.2, 0.25) is 0 Å². The molecule has 0 saturated heterocycles. The van der Waals surface area contributed by atoms with Crippen LogP contribution in [-0.4, -0.2) is 4.98 Å². The molecule has 0 bridgehead atoms. The molecule has 0 unspecified atom stereocenters. The fraction of sp³-hybridized carbons (Fsp3) is 0. The van der Waals surface area contributed by atoms with Gasteiger partial charge in [-0.1, -0.05) is 54.6 Å². The topological polar surface area (TPSA) is 42.4 Å². The second-order valence-electron chi connectivity index (χ2n) is 11.2. The number of anilines is 3. The molecule has 4 heterocycles. The summed E-state index contributed by atoms with van der Waals surface area (Å²) in [5.74, 6) is 0. The maximum absolute atomic E-state index is 6.21. The normalized spacial score (nSPS) is 12.1. The Kier molecular flexibility index (Phi) is 4.84. The van der Waals surface area contributed by atoms with Gasteiger partial charge in [0.25, 0.3) is 0 Å². The molecule has 0 aliphatic rings. The van der Waals surface area contributed by atoms with Gasteiger partial charge in [-0.15, -0.1) is 11.3 Å². The van der Waals surface area contributed by atoms with E-state index in [0.717, 1.165) is 71.8 Å². The van der Waals surface area contributed by atoms with E-state index >= 15 is 0 Å². The lowest BCUT2D eigenvalue weighted by Crippen LogP contribution is -2.10. The SMILES string of the molecule is c1cnc2cc3c(cc2c1)sc1c(N(c2ccc4oc5ccccc5c4c2)c2ccc4oc5ccccc5c4c2)cccc13. The van der Waals surface area contributed by atoms with E-state index in [2.05, 4.69) is 107 Å². The standard InChI is InChI=1S/C39H22N2O2S/c1-3-12-34-26(8-1)29-20-24(14-16-36(29)42-34)41(25-15-17-37-30(21-25)27-9-2-4-13-35(27)43-37)33-11-5-10-28-31-22-32-23(7-6-18-40-32)19-38(31)44-39(28)33/h1-22H. The Morgan fingerprint density at radius 1 is 0.500 bits per heavy atom. The monoisotopic (exact) mass is 582 g/mol. The molecule has 0 N–H and O–H groups in total. The largest absolute Gasteiger partial charge is 0.456 e. The zero-order valence-corrected chi connectivity index (χ0v) is 24.1. The number of thiophene rings is 1. The molecular formula is C39H22N2O2S. The minimum absolute atomic E-state index is 0.880. The van der Waals surface area contributed by atoms with Gasteiger partial charge in [-0.05, 0) is 72.8 Å². The number of para-hydroxylation sites is 2. The van der Waals surface area contributed by atoms with Crippen LogP contribution in [0.15, 0.2) is 142 Å². The first kappa shape index (κ1) is 23.9. The zero-order chi connectivity index (χ0) is 28.8. The third-order valence-electron chi connectivity index (χ3n) is 8.68. The molecule has 4 nitrogen and oxygen atoms in total. The first-order valence-corrected chi connectivity index (χ1v) is 15.4. The number of fused-ring (bicyclic) bond motifs is 10. The molecule has 5 heteroatoms. The predicted molar refractivity (Wildman–Crippen MR) is 184 cm³/mol. The Morgan fingerprint density at radius 2 is 1.14 bits per heavy atom. The van der Waals surface area contributed by atoms with Crippen LogP contribution in [0.25, 0.3) is 75.0 Å². The quantitative estimate of drug-likeness (QED) is 0.208.